The van der Waals surface area contributed by atoms with Crippen LogP contribution in [0.5, 0.6) is 11.5 Å². The molecule has 0 aliphatic carbocycles. The van der Waals surface area contributed by atoms with Crippen molar-refractivity contribution in [2.75, 3.05) is 32.1 Å². The van der Waals surface area contributed by atoms with Crippen molar-refractivity contribution < 1.29 is 19.1 Å². The van der Waals surface area contributed by atoms with E-state index in [1.54, 1.807) is 37.3 Å². The highest BCUT2D eigenvalue weighted by atomic mass is 16.5. The summed E-state index contributed by atoms with van der Waals surface area (Å²) in [5.41, 5.74) is 2.27. The van der Waals surface area contributed by atoms with E-state index in [1.165, 1.54) is 0 Å². The molecule has 0 atom stereocenters. The molecule has 2 amide bonds. The maximum atomic E-state index is 12.7. The van der Waals surface area contributed by atoms with E-state index in [0.29, 0.717) is 11.5 Å². The molecule has 2 aliphatic heterocycles. The van der Waals surface area contributed by atoms with Crippen LogP contribution >= 0.6 is 0 Å². The number of benzene rings is 2. The summed E-state index contributed by atoms with van der Waals surface area (Å²) in [6, 6.07) is 13.0. The predicted molar refractivity (Wildman–Crippen MR) is 116 cm³/mol. The summed E-state index contributed by atoms with van der Waals surface area (Å²) < 4.78 is 11.3. The lowest BCUT2D eigenvalue weighted by atomic mass is 10.1. The lowest BCUT2D eigenvalue weighted by Gasteiger charge is -2.27. The average molecular weight is 404 g/mol. The van der Waals surface area contributed by atoms with Gasteiger partial charge in [0, 0.05) is 31.8 Å². The van der Waals surface area contributed by atoms with Crippen LogP contribution in [0.2, 0.25) is 0 Å². The number of amides is 2. The topological polar surface area (TPSA) is 59.1 Å². The van der Waals surface area contributed by atoms with Crippen molar-refractivity contribution in [1.29, 1.82) is 0 Å². The minimum Gasteiger partial charge on any atom is -0.496 e. The zero-order valence-corrected chi connectivity index (χ0v) is 17.1. The summed E-state index contributed by atoms with van der Waals surface area (Å²) >= 11 is 0. The van der Waals surface area contributed by atoms with Crippen molar-refractivity contribution in [3.63, 3.8) is 0 Å². The molecule has 2 heterocycles. The van der Waals surface area contributed by atoms with Crippen LogP contribution in [0.4, 0.5) is 5.69 Å². The second kappa shape index (κ2) is 8.45. The third kappa shape index (κ3) is 3.94. The van der Waals surface area contributed by atoms with Crippen LogP contribution in [0.15, 0.2) is 54.3 Å². The number of likely N-dealkylation sites (tertiary alicyclic amines) is 1. The highest BCUT2D eigenvalue weighted by molar-refractivity contribution is 6.09. The normalized spacial score (nSPS) is 17.4. The van der Waals surface area contributed by atoms with Gasteiger partial charge in [0.2, 0.25) is 5.91 Å². The van der Waals surface area contributed by atoms with Crippen LogP contribution < -0.4 is 14.4 Å². The number of para-hydroxylation sites is 2. The number of hydrogen-bond acceptors (Lipinski definition) is 4. The van der Waals surface area contributed by atoms with Gasteiger partial charge in [-0.2, -0.15) is 0 Å². The predicted octanol–water partition coefficient (Wildman–Crippen LogP) is 3.73. The zero-order valence-electron chi connectivity index (χ0n) is 17.1. The molecule has 154 valence electrons. The highest BCUT2D eigenvalue weighted by Gasteiger charge is 2.27. The van der Waals surface area contributed by atoms with Crippen molar-refractivity contribution in [2.45, 2.75) is 12.8 Å². The number of ether oxygens (including phenoxy) is 2. The lowest BCUT2D eigenvalue weighted by Crippen LogP contribution is -2.33. The molecular weight excluding hydrogens is 380 g/mol. The van der Waals surface area contributed by atoms with E-state index in [4.69, 9.17) is 9.47 Å². The fraction of sp³-hybridized carbons (Fsp3) is 0.250. The Morgan fingerprint density at radius 2 is 1.90 bits per heavy atom. The van der Waals surface area contributed by atoms with E-state index >= 15 is 0 Å². The van der Waals surface area contributed by atoms with Gasteiger partial charge < -0.3 is 19.3 Å². The molecule has 0 N–H and O–H groups in total. The van der Waals surface area contributed by atoms with Crippen LogP contribution in [0.1, 0.15) is 24.0 Å². The van der Waals surface area contributed by atoms with Crippen LogP contribution in [-0.4, -0.2) is 44.0 Å². The minimum absolute atomic E-state index is 0.00216. The summed E-state index contributed by atoms with van der Waals surface area (Å²) in [6.07, 6.45) is 7.14. The lowest BCUT2D eigenvalue weighted by molar-refractivity contribution is -0.125. The molecule has 0 saturated carbocycles. The maximum absolute atomic E-state index is 12.7. The molecule has 2 aromatic rings. The summed E-state index contributed by atoms with van der Waals surface area (Å²) in [6.45, 7) is 1.61. The Bertz CT molecular complexity index is 1040. The highest BCUT2D eigenvalue weighted by Crippen LogP contribution is 2.34. The largest absolute Gasteiger partial charge is 0.496 e. The first kappa shape index (κ1) is 19.8. The van der Waals surface area contributed by atoms with Gasteiger partial charge in [0.15, 0.2) is 11.5 Å². The maximum Gasteiger partial charge on any atom is 0.293 e. The number of hydrogen-bond donors (Lipinski definition) is 0. The number of carbonyl (C=O) groups is 2. The smallest absolute Gasteiger partial charge is 0.293 e. The molecule has 0 unspecified atom stereocenters. The fourth-order valence-corrected chi connectivity index (χ4v) is 3.68. The van der Waals surface area contributed by atoms with Crippen molar-refractivity contribution in [3.8, 4) is 11.5 Å². The van der Waals surface area contributed by atoms with Crippen LogP contribution in [0, 0.1) is 0 Å². The monoisotopic (exact) mass is 404 g/mol. The van der Waals surface area contributed by atoms with Crippen molar-refractivity contribution in [1.82, 2.24) is 4.90 Å². The Balaban J connectivity index is 1.61. The van der Waals surface area contributed by atoms with E-state index in [0.717, 1.165) is 42.7 Å². The third-order valence-electron chi connectivity index (χ3n) is 5.34. The van der Waals surface area contributed by atoms with Crippen molar-refractivity contribution in [3.05, 3.63) is 65.4 Å². The molecule has 0 bridgehead atoms. The standard InChI is InChI=1S/C24H24N2O4/c1-25-19-7-3-4-8-21(19)30-22(24(25)28)16-17-9-11-20(29-2)18(15-17)10-12-23(27)26-13-5-6-14-26/h3-4,7-12,15-16H,5-6,13-14H2,1-2H3/b12-10-,22-16+. The molecule has 0 aromatic heterocycles. The number of carbonyl (C=O) groups excluding carboxylic acids is 2. The zero-order chi connectivity index (χ0) is 21.1. The van der Waals surface area contributed by atoms with Gasteiger partial charge in [-0.15, -0.1) is 0 Å². The van der Waals surface area contributed by atoms with Gasteiger partial charge in [-0.25, -0.2) is 0 Å². The number of methoxy groups -OCH3 is 1. The Labute approximate surface area is 176 Å². The number of rotatable bonds is 4. The van der Waals surface area contributed by atoms with Gasteiger partial charge in [-0.1, -0.05) is 18.2 Å². The van der Waals surface area contributed by atoms with Crippen LogP contribution in [0.3, 0.4) is 0 Å². The van der Waals surface area contributed by atoms with Gasteiger partial charge in [0.1, 0.15) is 5.75 Å². The van der Waals surface area contributed by atoms with Crippen LogP contribution in [0.25, 0.3) is 12.2 Å². The van der Waals surface area contributed by atoms with Gasteiger partial charge in [0.05, 0.1) is 12.8 Å². The molecular formula is C24H24N2O4. The Hall–Kier alpha value is -3.54. The first-order valence-electron chi connectivity index (χ1n) is 9.98. The SMILES string of the molecule is COc1ccc(/C=C2/Oc3ccccc3N(C)C2=O)cc1/C=C\C(=O)N1CCCC1. The number of fused-ring (bicyclic) bond motifs is 1. The second-order valence-electron chi connectivity index (χ2n) is 7.31. The third-order valence-corrected chi connectivity index (χ3v) is 5.34. The molecule has 1 saturated heterocycles. The molecule has 1 fully saturated rings. The number of anilines is 1. The number of nitrogens with zero attached hydrogens (tertiary/aromatic N) is 2. The molecule has 2 aromatic carbocycles. The van der Waals surface area contributed by atoms with E-state index in [1.807, 2.05) is 47.4 Å². The van der Waals surface area contributed by atoms with Crippen molar-refractivity contribution >= 4 is 29.7 Å². The fourth-order valence-electron chi connectivity index (χ4n) is 3.68. The second-order valence-corrected chi connectivity index (χ2v) is 7.31. The Morgan fingerprint density at radius 3 is 2.67 bits per heavy atom. The first-order chi connectivity index (χ1) is 14.6. The molecule has 6 heteroatoms. The molecule has 4 rings (SSSR count). The quantitative estimate of drug-likeness (QED) is 0.729. The van der Waals surface area contributed by atoms with Gasteiger partial charge >= 0.3 is 0 Å². The van der Waals surface area contributed by atoms with Gasteiger partial charge in [-0.05, 0) is 54.8 Å². The first-order valence-corrected chi connectivity index (χ1v) is 9.98. The summed E-state index contributed by atoms with van der Waals surface area (Å²) in [5.74, 6) is 1.31. The minimum atomic E-state index is -0.217. The summed E-state index contributed by atoms with van der Waals surface area (Å²) in [4.78, 5) is 28.5. The van der Waals surface area contributed by atoms with E-state index in [2.05, 4.69) is 0 Å². The molecule has 2 aliphatic rings. The average Bonchev–Trinajstić information content (AvgIpc) is 3.31. The molecule has 30 heavy (non-hydrogen) atoms. The summed E-state index contributed by atoms with van der Waals surface area (Å²) in [7, 11) is 3.32. The molecule has 0 spiro atoms. The van der Waals surface area contributed by atoms with E-state index < -0.39 is 0 Å². The van der Waals surface area contributed by atoms with Gasteiger partial charge in [0.25, 0.3) is 5.91 Å². The summed E-state index contributed by atoms with van der Waals surface area (Å²) in [5, 5.41) is 0. The molecule has 0 radical (unpaired) electrons. The van der Waals surface area contributed by atoms with Gasteiger partial charge in [-0.3, -0.25) is 9.59 Å². The Morgan fingerprint density at radius 1 is 1.13 bits per heavy atom. The number of likely N-dealkylation sites (N-methyl/N-ethyl adjacent to an activating group) is 1. The van der Waals surface area contributed by atoms with Crippen molar-refractivity contribution in [2.24, 2.45) is 0 Å². The van der Waals surface area contributed by atoms with Crippen LogP contribution in [-0.2, 0) is 9.59 Å². The van der Waals surface area contributed by atoms with E-state index in [-0.39, 0.29) is 17.6 Å². The molecule has 6 nitrogen and oxygen atoms in total. The Kier molecular flexibility index (Phi) is 5.57. The van der Waals surface area contributed by atoms with E-state index in [9.17, 15) is 9.59 Å².